The number of ether oxygens (including phenoxy) is 2. The van der Waals surface area contributed by atoms with Crippen molar-refractivity contribution < 1.29 is 14.3 Å². The third kappa shape index (κ3) is 6.78. The van der Waals surface area contributed by atoms with Crippen molar-refractivity contribution in [2.75, 3.05) is 40.4 Å². The Bertz CT molecular complexity index is 762. The van der Waals surface area contributed by atoms with Crippen LogP contribution in [0.25, 0.3) is 0 Å². The predicted octanol–water partition coefficient (Wildman–Crippen LogP) is 3.37. The van der Waals surface area contributed by atoms with Gasteiger partial charge in [0.25, 0.3) is 0 Å². The Morgan fingerprint density at radius 1 is 1.19 bits per heavy atom. The van der Waals surface area contributed by atoms with Crippen molar-refractivity contribution in [2.45, 2.75) is 64.3 Å². The van der Waals surface area contributed by atoms with Crippen LogP contribution in [-0.4, -0.2) is 63.2 Å². The number of carbonyl (C=O) groups excluding carboxylic acids is 1. The number of amides is 1. The van der Waals surface area contributed by atoms with Gasteiger partial charge in [0.1, 0.15) is 0 Å². The lowest BCUT2D eigenvalue weighted by molar-refractivity contribution is -0.135. The Kier molecular flexibility index (Phi) is 9.50. The Morgan fingerprint density at radius 2 is 2.00 bits per heavy atom. The van der Waals surface area contributed by atoms with Crippen molar-refractivity contribution >= 4 is 11.9 Å². The minimum absolute atomic E-state index is 0.251. The van der Waals surface area contributed by atoms with E-state index in [4.69, 9.17) is 9.47 Å². The Balaban J connectivity index is 1.39. The van der Waals surface area contributed by atoms with Gasteiger partial charge >= 0.3 is 0 Å². The summed E-state index contributed by atoms with van der Waals surface area (Å²) in [5.41, 5.74) is 1.23. The Hall–Kier alpha value is -2.44. The second-order valence-electron chi connectivity index (χ2n) is 8.77. The fourth-order valence-electron chi connectivity index (χ4n) is 4.72. The van der Waals surface area contributed by atoms with Crippen molar-refractivity contribution in [1.29, 1.82) is 0 Å². The minimum Gasteiger partial charge on any atom is -0.493 e. The molecule has 1 aromatic rings. The summed E-state index contributed by atoms with van der Waals surface area (Å²) in [6.45, 7) is 5.05. The lowest BCUT2D eigenvalue weighted by Crippen LogP contribution is -2.45. The second kappa shape index (κ2) is 12.6. The van der Waals surface area contributed by atoms with E-state index < -0.39 is 0 Å². The highest BCUT2D eigenvalue weighted by Gasteiger charge is 2.31. The summed E-state index contributed by atoms with van der Waals surface area (Å²) in [6.07, 6.45) is 8.72. The van der Waals surface area contributed by atoms with Gasteiger partial charge in [0.2, 0.25) is 5.91 Å². The smallest absolute Gasteiger partial charge is 0.225 e. The molecule has 1 aliphatic carbocycles. The number of aliphatic imine (C=N–C) groups is 1. The van der Waals surface area contributed by atoms with Gasteiger partial charge in [-0.25, -0.2) is 0 Å². The number of guanidine groups is 1. The SMILES string of the molecule is CCOc1cc(CCCNC(=NC)NC2CCN(C(=O)C3CCCCC3)C2)ccc1OC. The number of methoxy groups -OCH3 is 1. The highest BCUT2D eigenvalue weighted by molar-refractivity contribution is 5.81. The normalized spacial score (nSPS) is 19.7. The van der Waals surface area contributed by atoms with Crippen LogP contribution in [0, 0.1) is 5.92 Å². The van der Waals surface area contributed by atoms with Crippen molar-refractivity contribution in [3.8, 4) is 11.5 Å². The van der Waals surface area contributed by atoms with Gasteiger partial charge in [-0.15, -0.1) is 0 Å². The predicted molar refractivity (Wildman–Crippen MR) is 129 cm³/mol. The second-order valence-corrected chi connectivity index (χ2v) is 8.77. The first kappa shape index (κ1) is 24.2. The van der Waals surface area contributed by atoms with E-state index in [1.165, 1.54) is 24.8 Å². The first-order valence-corrected chi connectivity index (χ1v) is 12.2. The number of nitrogens with one attached hydrogen (secondary N) is 2. The number of likely N-dealkylation sites (tertiary alicyclic amines) is 1. The van der Waals surface area contributed by atoms with E-state index >= 15 is 0 Å². The largest absolute Gasteiger partial charge is 0.493 e. The monoisotopic (exact) mass is 444 g/mol. The minimum atomic E-state index is 0.251. The fourth-order valence-corrected chi connectivity index (χ4v) is 4.72. The van der Waals surface area contributed by atoms with E-state index in [1.807, 2.05) is 13.0 Å². The van der Waals surface area contributed by atoms with Crippen LogP contribution in [0.1, 0.15) is 57.4 Å². The molecule has 1 amide bonds. The van der Waals surface area contributed by atoms with Crippen LogP contribution in [0.3, 0.4) is 0 Å². The van der Waals surface area contributed by atoms with Crippen molar-refractivity contribution in [3.05, 3.63) is 23.8 Å². The number of rotatable bonds is 9. The first-order chi connectivity index (χ1) is 15.6. The average Bonchev–Trinajstić information content (AvgIpc) is 3.30. The molecule has 0 spiro atoms. The Morgan fingerprint density at radius 3 is 2.72 bits per heavy atom. The average molecular weight is 445 g/mol. The number of aryl methyl sites for hydroxylation is 1. The highest BCUT2D eigenvalue weighted by Crippen LogP contribution is 2.28. The van der Waals surface area contributed by atoms with Crippen molar-refractivity contribution in [1.82, 2.24) is 15.5 Å². The van der Waals surface area contributed by atoms with Crippen LogP contribution in [0.2, 0.25) is 0 Å². The lowest BCUT2D eigenvalue weighted by Gasteiger charge is -2.26. The van der Waals surface area contributed by atoms with E-state index in [9.17, 15) is 4.79 Å². The molecule has 2 N–H and O–H groups in total. The standard InChI is InChI=1S/C25H40N4O3/c1-4-32-23-17-19(12-13-22(23)31-3)9-8-15-27-25(26-2)28-21-14-16-29(18-21)24(30)20-10-6-5-7-11-20/h12-13,17,20-21H,4-11,14-16,18H2,1-3H3,(H2,26,27,28). The van der Waals surface area contributed by atoms with Gasteiger partial charge in [-0.1, -0.05) is 25.3 Å². The summed E-state index contributed by atoms with van der Waals surface area (Å²) in [5.74, 6) is 2.99. The molecule has 1 atom stereocenters. The van der Waals surface area contributed by atoms with Crippen LogP contribution in [-0.2, 0) is 11.2 Å². The summed E-state index contributed by atoms with van der Waals surface area (Å²) in [7, 11) is 3.46. The molecule has 7 heteroatoms. The van der Waals surface area contributed by atoms with Gasteiger partial charge in [-0.3, -0.25) is 9.79 Å². The fraction of sp³-hybridized carbons (Fsp3) is 0.680. The quantitative estimate of drug-likeness (QED) is 0.347. The summed E-state index contributed by atoms with van der Waals surface area (Å²) in [4.78, 5) is 19.2. The van der Waals surface area contributed by atoms with E-state index in [-0.39, 0.29) is 12.0 Å². The molecule has 2 fully saturated rings. The summed E-state index contributed by atoms with van der Waals surface area (Å²) in [5, 5.41) is 6.92. The molecule has 32 heavy (non-hydrogen) atoms. The summed E-state index contributed by atoms with van der Waals surface area (Å²) in [6, 6.07) is 6.38. The molecular formula is C25H40N4O3. The number of hydrogen-bond acceptors (Lipinski definition) is 4. The van der Waals surface area contributed by atoms with Crippen molar-refractivity contribution in [2.24, 2.45) is 10.9 Å². The molecule has 178 valence electrons. The maximum Gasteiger partial charge on any atom is 0.225 e. The zero-order chi connectivity index (χ0) is 22.8. The van der Waals surface area contributed by atoms with Crippen LogP contribution in [0.5, 0.6) is 11.5 Å². The number of hydrogen-bond donors (Lipinski definition) is 2. The molecule has 1 aliphatic heterocycles. The van der Waals surface area contributed by atoms with Gasteiger partial charge in [0.15, 0.2) is 17.5 Å². The van der Waals surface area contributed by atoms with Crippen LogP contribution < -0.4 is 20.1 Å². The molecule has 1 unspecified atom stereocenters. The highest BCUT2D eigenvalue weighted by atomic mass is 16.5. The number of nitrogens with zero attached hydrogens (tertiary/aromatic N) is 2. The zero-order valence-corrected chi connectivity index (χ0v) is 20.0. The number of benzene rings is 1. The topological polar surface area (TPSA) is 75.2 Å². The molecule has 0 bridgehead atoms. The van der Waals surface area contributed by atoms with Gasteiger partial charge in [-0.2, -0.15) is 0 Å². The van der Waals surface area contributed by atoms with Gasteiger partial charge in [-0.05, 0) is 56.7 Å². The third-order valence-electron chi connectivity index (χ3n) is 6.48. The summed E-state index contributed by atoms with van der Waals surface area (Å²) < 4.78 is 11.0. The molecule has 1 saturated heterocycles. The van der Waals surface area contributed by atoms with Crippen molar-refractivity contribution in [3.63, 3.8) is 0 Å². The number of carbonyl (C=O) groups is 1. The molecule has 1 saturated carbocycles. The molecule has 1 aromatic carbocycles. The van der Waals surface area contributed by atoms with E-state index in [1.54, 1.807) is 14.2 Å². The molecule has 0 aromatic heterocycles. The summed E-state index contributed by atoms with van der Waals surface area (Å²) >= 11 is 0. The molecule has 2 aliphatic rings. The molecule has 3 rings (SSSR count). The zero-order valence-electron chi connectivity index (χ0n) is 20.0. The molecule has 1 heterocycles. The van der Waals surface area contributed by atoms with Gasteiger partial charge in [0, 0.05) is 38.6 Å². The Labute approximate surface area is 192 Å². The van der Waals surface area contributed by atoms with Gasteiger partial charge < -0.3 is 25.0 Å². The van der Waals surface area contributed by atoms with Crippen LogP contribution >= 0.6 is 0 Å². The van der Waals surface area contributed by atoms with Crippen LogP contribution in [0.4, 0.5) is 0 Å². The van der Waals surface area contributed by atoms with Gasteiger partial charge in [0.05, 0.1) is 13.7 Å². The maximum atomic E-state index is 12.8. The van der Waals surface area contributed by atoms with E-state index in [0.29, 0.717) is 12.5 Å². The first-order valence-electron chi connectivity index (χ1n) is 12.2. The van der Waals surface area contributed by atoms with Crippen LogP contribution in [0.15, 0.2) is 23.2 Å². The maximum absolute atomic E-state index is 12.8. The molecule has 7 nitrogen and oxygen atoms in total. The lowest BCUT2D eigenvalue weighted by atomic mass is 9.88. The van der Waals surface area contributed by atoms with E-state index in [0.717, 1.165) is 69.2 Å². The third-order valence-corrected chi connectivity index (χ3v) is 6.48. The van der Waals surface area contributed by atoms with E-state index in [2.05, 4.69) is 32.7 Å². The molecule has 0 radical (unpaired) electrons. The molecular weight excluding hydrogens is 404 g/mol.